The summed E-state index contributed by atoms with van der Waals surface area (Å²) in [5.41, 5.74) is 4.10. The van der Waals surface area contributed by atoms with Gasteiger partial charge in [-0.3, -0.25) is 4.79 Å². The fraction of sp³-hybridized carbons (Fsp3) is 0.273. The summed E-state index contributed by atoms with van der Waals surface area (Å²) in [4.78, 5) is 16.2. The topological polar surface area (TPSA) is 51.2 Å². The van der Waals surface area contributed by atoms with Crippen LogP contribution in [0.5, 0.6) is 5.88 Å². The monoisotopic (exact) mass is 346 g/mol. The van der Waals surface area contributed by atoms with Gasteiger partial charge in [0.05, 0.1) is 18.2 Å². The van der Waals surface area contributed by atoms with Gasteiger partial charge in [-0.05, 0) is 36.6 Å². The van der Waals surface area contributed by atoms with Crippen molar-refractivity contribution >= 4 is 16.8 Å². The molecular weight excluding hydrogens is 324 g/mol. The van der Waals surface area contributed by atoms with E-state index in [1.54, 1.807) is 7.11 Å². The number of amides is 1. The fourth-order valence-corrected chi connectivity index (χ4v) is 3.67. The standard InChI is InChI=1S/C22H22N2O2/c1-22(12-11-20(25)24-22)18-9-7-15(8-10-18)13-17-14-16-5-3-4-6-19(16)23-21(17)26-2/h3-10,14H,11-13H2,1-2H3,(H,24,25). The number of hydrogen-bond acceptors (Lipinski definition) is 3. The quantitative estimate of drug-likeness (QED) is 0.778. The highest BCUT2D eigenvalue weighted by Gasteiger charge is 2.34. The first-order valence-corrected chi connectivity index (χ1v) is 8.90. The molecule has 0 saturated carbocycles. The van der Waals surface area contributed by atoms with Crippen LogP contribution in [-0.4, -0.2) is 18.0 Å². The number of nitrogens with zero attached hydrogens (tertiary/aromatic N) is 1. The van der Waals surface area contributed by atoms with Crippen LogP contribution in [0.15, 0.2) is 54.6 Å². The van der Waals surface area contributed by atoms with Gasteiger partial charge in [0.25, 0.3) is 0 Å². The maximum Gasteiger partial charge on any atom is 0.220 e. The summed E-state index contributed by atoms with van der Waals surface area (Å²) in [6.45, 7) is 2.09. The number of benzene rings is 2. The van der Waals surface area contributed by atoms with Gasteiger partial charge in [0.15, 0.2) is 0 Å². The number of carbonyl (C=O) groups excluding carboxylic acids is 1. The van der Waals surface area contributed by atoms with Gasteiger partial charge in [-0.1, -0.05) is 42.5 Å². The molecule has 1 amide bonds. The van der Waals surface area contributed by atoms with Gasteiger partial charge in [0, 0.05) is 23.8 Å². The third kappa shape index (κ3) is 3.03. The molecule has 1 fully saturated rings. The molecule has 0 spiro atoms. The number of fused-ring (bicyclic) bond motifs is 1. The van der Waals surface area contributed by atoms with E-state index < -0.39 is 0 Å². The molecule has 1 saturated heterocycles. The number of pyridine rings is 1. The smallest absolute Gasteiger partial charge is 0.220 e. The normalized spacial score (nSPS) is 19.5. The van der Waals surface area contributed by atoms with Gasteiger partial charge >= 0.3 is 0 Å². The SMILES string of the molecule is COc1nc2ccccc2cc1Cc1ccc(C2(C)CCC(=O)N2)cc1. The maximum atomic E-state index is 11.6. The number of nitrogens with one attached hydrogen (secondary N) is 1. The number of methoxy groups -OCH3 is 1. The number of ether oxygens (including phenoxy) is 1. The fourth-order valence-electron chi connectivity index (χ4n) is 3.67. The van der Waals surface area contributed by atoms with Crippen LogP contribution < -0.4 is 10.1 Å². The van der Waals surface area contributed by atoms with Gasteiger partial charge in [-0.2, -0.15) is 0 Å². The van der Waals surface area contributed by atoms with E-state index >= 15 is 0 Å². The number of para-hydroxylation sites is 1. The summed E-state index contributed by atoms with van der Waals surface area (Å²) in [7, 11) is 1.66. The Labute approximate surface area is 153 Å². The lowest BCUT2D eigenvalue weighted by Gasteiger charge is -2.24. The predicted octanol–water partition coefficient (Wildman–Crippen LogP) is 3.96. The van der Waals surface area contributed by atoms with Crippen molar-refractivity contribution in [3.63, 3.8) is 0 Å². The van der Waals surface area contributed by atoms with Gasteiger partial charge in [0.1, 0.15) is 0 Å². The number of rotatable bonds is 4. The molecule has 2 aromatic carbocycles. The third-order valence-electron chi connectivity index (χ3n) is 5.21. The van der Waals surface area contributed by atoms with E-state index in [1.165, 1.54) is 5.56 Å². The van der Waals surface area contributed by atoms with Crippen molar-refractivity contribution in [1.82, 2.24) is 10.3 Å². The lowest BCUT2D eigenvalue weighted by molar-refractivity contribution is -0.119. The van der Waals surface area contributed by atoms with E-state index in [0.29, 0.717) is 12.3 Å². The average molecular weight is 346 g/mol. The molecule has 0 aliphatic carbocycles. The summed E-state index contributed by atoms with van der Waals surface area (Å²) in [6, 6.07) is 18.7. The van der Waals surface area contributed by atoms with Crippen molar-refractivity contribution in [1.29, 1.82) is 0 Å². The van der Waals surface area contributed by atoms with Crippen LogP contribution in [0.3, 0.4) is 0 Å². The minimum Gasteiger partial charge on any atom is -0.481 e. The molecule has 1 atom stereocenters. The average Bonchev–Trinajstić information content (AvgIpc) is 3.01. The molecule has 4 rings (SSSR count). The summed E-state index contributed by atoms with van der Waals surface area (Å²) >= 11 is 0. The van der Waals surface area contributed by atoms with Crippen molar-refractivity contribution in [2.45, 2.75) is 31.7 Å². The molecule has 2 heterocycles. The first-order valence-electron chi connectivity index (χ1n) is 8.90. The van der Waals surface area contributed by atoms with E-state index in [4.69, 9.17) is 4.74 Å². The Kier molecular flexibility index (Phi) is 4.11. The highest BCUT2D eigenvalue weighted by molar-refractivity contribution is 5.80. The molecule has 1 aliphatic heterocycles. The first-order chi connectivity index (χ1) is 12.6. The summed E-state index contributed by atoms with van der Waals surface area (Å²) < 4.78 is 5.50. The van der Waals surface area contributed by atoms with Crippen molar-refractivity contribution in [2.24, 2.45) is 0 Å². The molecule has 1 N–H and O–H groups in total. The van der Waals surface area contributed by atoms with Gasteiger partial charge in [0.2, 0.25) is 11.8 Å². The van der Waals surface area contributed by atoms with Crippen LogP contribution in [0.1, 0.15) is 36.5 Å². The summed E-state index contributed by atoms with van der Waals surface area (Å²) in [6.07, 6.45) is 2.19. The molecule has 1 unspecified atom stereocenters. The number of carbonyl (C=O) groups is 1. The summed E-state index contributed by atoms with van der Waals surface area (Å²) in [5, 5.41) is 4.20. The highest BCUT2D eigenvalue weighted by atomic mass is 16.5. The molecule has 4 heteroatoms. The Hall–Kier alpha value is -2.88. The van der Waals surface area contributed by atoms with Crippen molar-refractivity contribution in [3.05, 3.63) is 71.3 Å². The van der Waals surface area contributed by atoms with E-state index in [2.05, 4.69) is 53.6 Å². The third-order valence-corrected chi connectivity index (χ3v) is 5.21. The number of hydrogen-bond donors (Lipinski definition) is 1. The zero-order chi connectivity index (χ0) is 18.1. The van der Waals surface area contributed by atoms with Gasteiger partial charge in [-0.15, -0.1) is 0 Å². The zero-order valence-corrected chi connectivity index (χ0v) is 15.1. The predicted molar refractivity (Wildman–Crippen MR) is 102 cm³/mol. The van der Waals surface area contributed by atoms with Crippen molar-refractivity contribution in [3.8, 4) is 5.88 Å². The second-order valence-electron chi connectivity index (χ2n) is 7.10. The Morgan fingerprint density at radius 1 is 1.15 bits per heavy atom. The van der Waals surface area contributed by atoms with Crippen LogP contribution in [0.25, 0.3) is 10.9 Å². The van der Waals surface area contributed by atoms with Gasteiger partial charge in [-0.25, -0.2) is 4.98 Å². The minimum absolute atomic E-state index is 0.128. The van der Waals surface area contributed by atoms with E-state index in [0.717, 1.165) is 34.9 Å². The second kappa shape index (κ2) is 6.45. The lowest BCUT2D eigenvalue weighted by atomic mass is 9.89. The Morgan fingerprint density at radius 2 is 1.92 bits per heavy atom. The molecule has 1 aliphatic rings. The first kappa shape index (κ1) is 16.6. The molecule has 4 nitrogen and oxygen atoms in total. The molecule has 26 heavy (non-hydrogen) atoms. The van der Waals surface area contributed by atoms with Crippen molar-refractivity contribution in [2.75, 3.05) is 7.11 Å². The molecule has 3 aromatic rings. The van der Waals surface area contributed by atoms with E-state index in [1.807, 2.05) is 18.2 Å². The maximum absolute atomic E-state index is 11.6. The molecule has 1 aromatic heterocycles. The van der Waals surface area contributed by atoms with E-state index in [-0.39, 0.29) is 11.4 Å². The van der Waals surface area contributed by atoms with E-state index in [9.17, 15) is 4.79 Å². The van der Waals surface area contributed by atoms with Crippen molar-refractivity contribution < 1.29 is 9.53 Å². The largest absolute Gasteiger partial charge is 0.481 e. The summed E-state index contributed by atoms with van der Waals surface area (Å²) in [5.74, 6) is 0.798. The van der Waals surface area contributed by atoms with Crippen LogP contribution >= 0.6 is 0 Å². The Morgan fingerprint density at radius 3 is 2.62 bits per heavy atom. The molecular formula is C22H22N2O2. The molecule has 0 bridgehead atoms. The number of aromatic nitrogens is 1. The minimum atomic E-state index is -0.252. The van der Waals surface area contributed by atoms with Crippen LogP contribution in [0.4, 0.5) is 0 Å². The Bertz CT molecular complexity index is 966. The molecule has 0 radical (unpaired) electrons. The van der Waals surface area contributed by atoms with Crippen LogP contribution in [0, 0.1) is 0 Å². The van der Waals surface area contributed by atoms with Crippen LogP contribution in [0.2, 0.25) is 0 Å². The second-order valence-corrected chi connectivity index (χ2v) is 7.10. The Balaban J connectivity index is 1.61. The zero-order valence-electron chi connectivity index (χ0n) is 15.1. The lowest BCUT2D eigenvalue weighted by Crippen LogP contribution is -2.35. The highest BCUT2D eigenvalue weighted by Crippen LogP contribution is 2.31. The van der Waals surface area contributed by atoms with Crippen LogP contribution in [-0.2, 0) is 16.8 Å². The molecule has 132 valence electrons. The van der Waals surface area contributed by atoms with Gasteiger partial charge < -0.3 is 10.1 Å².